The molecule has 2 aliphatic carbocycles. The van der Waals surface area contributed by atoms with Crippen molar-refractivity contribution < 1.29 is 4.79 Å². The van der Waals surface area contributed by atoms with Crippen LogP contribution in [0, 0.1) is 28.6 Å². The average molecular weight is 243 g/mol. The van der Waals surface area contributed by atoms with Crippen LogP contribution in [0.3, 0.4) is 0 Å². The monoisotopic (exact) mass is 243 g/mol. The molecule has 0 unspecified atom stereocenters. The van der Waals surface area contributed by atoms with Crippen LogP contribution in [-0.4, -0.2) is 5.78 Å². The van der Waals surface area contributed by atoms with Gasteiger partial charge < -0.3 is 0 Å². The van der Waals surface area contributed by atoms with Crippen molar-refractivity contribution >= 4 is 5.78 Å². The van der Waals surface area contributed by atoms with E-state index in [1.807, 2.05) is 13.8 Å². The Balaban J connectivity index is 2.49. The molecule has 0 heterocycles. The largest absolute Gasteiger partial charge is 0.295 e. The first-order valence-electron chi connectivity index (χ1n) is 6.68. The Morgan fingerprint density at radius 2 is 2.22 bits per heavy atom. The van der Waals surface area contributed by atoms with Gasteiger partial charge in [-0.25, -0.2) is 0 Å². The molecule has 0 aromatic rings. The third-order valence-corrected chi connectivity index (χ3v) is 5.02. The molecule has 18 heavy (non-hydrogen) atoms. The first-order valence-corrected chi connectivity index (χ1v) is 6.68. The van der Waals surface area contributed by atoms with Crippen molar-refractivity contribution in [1.82, 2.24) is 0 Å². The zero-order chi connectivity index (χ0) is 13.5. The number of ketones is 1. The molecular weight excluding hydrogens is 222 g/mol. The van der Waals surface area contributed by atoms with Gasteiger partial charge in [-0.15, -0.1) is 0 Å². The molecule has 0 spiro atoms. The summed E-state index contributed by atoms with van der Waals surface area (Å²) in [5.41, 5.74) is 3.19. The van der Waals surface area contributed by atoms with Crippen LogP contribution < -0.4 is 0 Å². The highest BCUT2D eigenvalue weighted by atomic mass is 16.1. The predicted octanol–water partition coefficient (Wildman–Crippen LogP) is 3.80. The van der Waals surface area contributed by atoms with Gasteiger partial charge in [0.15, 0.2) is 5.78 Å². The second-order valence-electron chi connectivity index (χ2n) is 6.11. The quantitative estimate of drug-likeness (QED) is 0.657. The number of hydrogen-bond acceptors (Lipinski definition) is 2. The SMILES string of the molecule is C=C(C)[C@@H]1CC2=C(C)C(=O)CC[C@@]2(C)[C@@H](C#N)C1. The van der Waals surface area contributed by atoms with Crippen LogP contribution in [0.2, 0.25) is 0 Å². The van der Waals surface area contributed by atoms with Gasteiger partial charge in [0.05, 0.1) is 12.0 Å². The highest BCUT2D eigenvalue weighted by Crippen LogP contribution is 2.54. The van der Waals surface area contributed by atoms with E-state index >= 15 is 0 Å². The Morgan fingerprint density at radius 3 is 2.78 bits per heavy atom. The summed E-state index contributed by atoms with van der Waals surface area (Å²) in [6, 6.07) is 2.48. The summed E-state index contributed by atoms with van der Waals surface area (Å²) < 4.78 is 0. The van der Waals surface area contributed by atoms with Gasteiger partial charge in [0.2, 0.25) is 0 Å². The lowest BCUT2D eigenvalue weighted by Crippen LogP contribution is -2.40. The lowest BCUT2D eigenvalue weighted by molar-refractivity contribution is -0.117. The second-order valence-corrected chi connectivity index (χ2v) is 6.11. The summed E-state index contributed by atoms with van der Waals surface area (Å²) in [5, 5.41) is 9.46. The topological polar surface area (TPSA) is 40.9 Å². The molecule has 0 aromatic heterocycles. The molecule has 0 aliphatic heterocycles. The Kier molecular flexibility index (Phi) is 3.19. The van der Waals surface area contributed by atoms with Crippen molar-refractivity contribution in [3.05, 3.63) is 23.3 Å². The predicted molar refractivity (Wildman–Crippen MR) is 71.7 cm³/mol. The third-order valence-electron chi connectivity index (χ3n) is 5.02. The molecule has 1 fully saturated rings. The van der Waals surface area contributed by atoms with E-state index in [4.69, 9.17) is 0 Å². The molecule has 2 nitrogen and oxygen atoms in total. The van der Waals surface area contributed by atoms with Crippen molar-refractivity contribution in [2.45, 2.75) is 46.5 Å². The lowest BCUT2D eigenvalue weighted by Gasteiger charge is -2.46. The minimum Gasteiger partial charge on any atom is -0.295 e. The summed E-state index contributed by atoms with van der Waals surface area (Å²) >= 11 is 0. The fraction of sp³-hybridized carbons (Fsp3) is 0.625. The van der Waals surface area contributed by atoms with E-state index in [1.165, 1.54) is 5.57 Å². The lowest BCUT2D eigenvalue weighted by atomic mass is 9.56. The van der Waals surface area contributed by atoms with Crippen LogP contribution in [-0.2, 0) is 4.79 Å². The Labute approximate surface area is 109 Å². The van der Waals surface area contributed by atoms with E-state index in [9.17, 15) is 10.1 Å². The van der Waals surface area contributed by atoms with Gasteiger partial charge in [-0.3, -0.25) is 4.79 Å². The first-order chi connectivity index (χ1) is 8.40. The van der Waals surface area contributed by atoms with Crippen molar-refractivity contribution in [3.8, 4) is 6.07 Å². The van der Waals surface area contributed by atoms with E-state index < -0.39 is 0 Å². The molecule has 0 saturated heterocycles. The van der Waals surface area contributed by atoms with Crippen LogP contribution in [0.5, 0.6) is 0 Å². The highest BCUT2D eigenvalue weighted by Gasteiger charge is 2.47. The third kappa shape index (κ3) is 1.82. The van der Waals surface area contributed by atoms with Crippen molar-refractivity contribution in [2.75, 3.05) is 0 Å². The molecule has 0 amide bonds. The fourth-order valence-electron chi connectivity index (χ4n) is 3.52. The van der Waals surface area contributed by atoms with Gasteiger partial charge >= 0.3 is 0 Å². The summed E-state index contributed by atoms with van der Waals surface area (Å²) in [6.07, 6.45) is 3.25. The molecule has 2 heteroatoms. The number of Topliss-reactive ketones (excluding diaryl/α,β-unsaturated/α-hetero) is 1. The standard InChI is InChI=1S/C16H21NO/c1-10(2)12-7-13(9-17)16(4)6-5-15(18)11(3)14(16)8-12/h12-13H,1,5-8H2,2-4H3/t12-,13+,16-/m0/s1. The van der Waals surface area contributed by atoms with Crippen LogP contribution in [0.4, 0.5) is 0 Å². The summed E-state index contributed by atoms with van der Waals surface area (Å²) in [5.74, 6) is 0.645. The number of carbonyl (C=O) groups excluding carboxylic acids is 1. The van der Waals surface area contributed by atoms with Crippen LogP contribution >= 0.6 is 0 Å². The number of carbonyl (C=O) groups is 1. The van der Waals surface area contributed by atoms with Crippen LogP contribution in [0.25, 0.3) is 0 Å². The highest BCUT2D eigenvalue weighted by molar-refractivity contribution is 5.96. The number of fused-ring (bicyclic) bond motifs is 1. The summed E-state index contributed by atoms with van der Waals surface area (Å²) in [7, 11) is 0. The van der Waals surface area contributed by atoms with Gasteiger partial charge in [0.25, 0.3) is 0 Å². The summed E-state index contributed by atoms with van der Waals surface area (Å²) in [4.78, 5) is 11.9. The van der Waals surface area contributed by atoms with E-state index in [2.05, 4.69) is 19.6 Å². The average Bonchev–Trinajstić information content (AvgIpc) is 2.33. The molecule has 0 radical (unpaired) electrons. The number of nitrogens with zero attached hydrogens (tertiary/aromatic N) is 1. The van der Waals surface area contributed by atoms with Gasteiger partial charge in [0.1, 0.15) is 0 Å². The maximum Gasteiger partial charge on any atom is 0.158 e. The maximum absolute atomic E-state index is 11.9. The molecule has 1 saturated carbocycles. The molecule has 0 N–H and O–H groups in total. The maximum atomic E-state index is 11.9. The molecule has 96 valence electrons. The Bertz CT molecular complexity index is 480. The molecule has 0 bridgehead atoms. The zero-order valence-corrected chi connectivity index (χ0v) is 11.5. The Hall–Kier alpha value is -1.36. The normalized spacial score (nSPS) is 36.0. The van der Waals surface area contributed by atoms with Crippen LogP contribution in [0.15, 0.2) is 23.3 Å². The zero-order valence-electron chi connectivity index (χ0n) is 11.5. The number of allylic oxidation sites excluding steroid dienone is 3. The van der Waals surface area contributed by atoms with Gasteiger partial charge in [-0.05, 0) is 44.6 Å². The number of rotatable bonds is 1. The van der Waals surface area contributed by atoms with E-state index in [0.29, 0.717) is 12.3 Å². The molecule has 3 atom stereocenters. The smallest absolute Gasteiger partial charge is 0.158 e. The van der Waals surface area contributed by atoms with E-state index in [-0.39, 0.29) is 17.1 Å². The number of nitriles is 1. The van der Waals surface area contributed by atoms with Gasteiger partial charge in [-0.1, -0.05) is 24.6 Å². The second kappa shape index (κ2) is 4.39. The fourth-order valence-corrected chi connectivity index (χ4v) is 3.52. The van der Waals surface area contributed by atoms with Gasteiger partial charge in [-0.2, -0.15) is 5.26 Å². The molecule has 2 rings (SSSR count). The Morgan fingerprint density at radius 1 is 1.56 bits per heavy atom. The summed E-state index contributed by atoms with van der Waals surface area (Å²) in [6.45, 7) is 10.2. The first kappa shape index (κ1) is 13.1. The van der Waals surface area contributed by atoms with E-state index in [0.717, 1.165) is 30.4 Å². The van der Waals surface area contributed by atoms with Crippen molar-refractivity contribution in [1.29, 1.82) is 5.26 Å². The van der Waals surface area contributed by atoms with E-state index in [1.54, 1.807) is 0 Å². The minimum atomic E-state index is -0.0846. The van der Waals surface area contributed by atoms with Crippen LogP contribution in [0.1, 0.15) is 46.5 Å². The van der Waals surface area contributed by atoms with Crippen molar-refractivity contribution in [3.63, 3.8) is 0 Å². The molecule has 0 aromatic carbocycles. The molecular formula is C16H21NO. The van der Waals surface area contributed by atoms with Gasteiger partial charge in [0, 0.05) is 11.8 Å². The molecule has 2 aliphatic rings. The minimum absolute atomic E-state index is 0.0194. The number of hydrogen-bond donors (Lipinski definition) is 0. The van der Waals surface area contributed by atoms with Crippen molar-refractivity contribution in [2.24, 2.45) is 17.3 Å².